The Morgan fingerprint density at radius 1 is 0.787 bits per heavy atom. The normalized spacial score (nSPS) is 43.6. The van der Waals surface area contributed by atoms with Crippen LogP contribution in [0.1, 0.15) is 91.9 Å². The molecule has 2 aliphatic heterocycles. The monoisotopic (exact) mass is 651 g/mol. The molecule has 47 heavy (non-hydrogen) atoms. The van der Waals surface area contributed by atoms with Gasteiger partial charge in [0.05, 0.1) is 11.1 Å². The van der Waals surface area contributed by atoms with E-state index in [4.69, 9.17) is 9.47 Å². The summed E-state index contributed by atoms with van der Waals surface area (Å²) in [6.07, 6.45) is 11.8. The van der Waals surface area contributed by atoms with Crippen LogP contribution in [0.4, 0.5) is 0 Å². The van der Waals surface area contributed by atoms with E-state index < -0.39 is 18.2 Å². The highest BCUT2D eigenvalue weighted by atomic mass is 16.6. The molecule has 2 saturated heterocycles. The van der Waals surface area contributed by atoms with E-state index in [2.05, 4.69) is 53.2 Å². The highest BCUT2D eigenvalue weighted by Gasteiger charge is 2.52. The van der Waals surface area contributed by atoms with Gasteiger partial charge < -0.3 is 25.0 Å². The Morgan fingerprint density at radius 3 is 1.74 bits per heavy atom. The minimum Gasteiger partial charge on any atom is -0.459 e. The first-order valence-corrected chi connectivity index (χ1v) is 17.9. The number of ketones is 1. The van der Waals surface area contributed by atoms with E-state index in [1.165, 1.54) is 30.4 Å². The predicted octanol–water partition coefficient (Wildman–Crippen LogP) is 5.64. The molecule has 0 amide bonds. The number of fused-ring (bicyclic) bond motifs is 2. The molecule has 0 radical (unpaired) electrons. The maximum absolute atomic E-state index is 12.1. The third-order valence-corrected chi connectivity index (χ3v) is 13.6. The van der Waals surface area contributed by atoms with Crippen LogP contribution >= 0.6 is 0 Å². The van der Waals surface area contributed by atoms with E-state index in [1.54, 1.807) is 0 Å². The van der Waals surface area contributed by atoms with Gasteiger partial charge in [0, 0.05) is 18.4 Å². The third-order valence-electron chi connectivity index (χ3n) is 13.6. The van der Waals surface area contributed by atoms with Gasteiger partial charge in [-0.2, -0.15) is 0 Å². The second-order valence-electron chi connectivity index (χ2n) is 15.8. The number of ether oxygens (including phenoxy) is 2. The number of hydrogen-bond acceptors (Lipinski definition) is 8. The summed E-state index contributed by atoms with van der Waals surface area (Å²) in [6, 6.07) is 0.597. The molecule has 0 spiro atoms. The van der Waals surface area contributed by atoms with Gasteiger partial charge in [-0.25, -0.2) is 9.59 Å². The van der Waals surface area contributed by atoms with Gasteiger partial charge in [-0.05, 0) is 105 Å². The standard InChI is InChI=1S/C20H31NO3.C19H26O4/c1-12-5-7-16-13(2)17(21-4)9-10-20(16,3)15(12)8-6-14-18(22)11-24-19(14)23;1-11-4-6-15-12(2)16(20)8-9-19(15,3)14(11)7-5-13-17(21)10-23-18(13)22/h6,13,15-18,21-22H,1,5,7-11H2,2-4H3;5,12,14-15,17,21H,1,4,6-10H2,2-3H3/b14-6+;13-5+/t13-,15-,16-,17-,18-,20+;12-,14-,15-,17-,19+/m11/s1. The number of esters is 2. The molecule has 6 rings (SSSR count). The number of Topliss-reactive ketones (excluding diaryl/α,β-unsaturated/α-hetero) is 1. The largest absolute Gasteiger partial charge is 0.459 e. The van der Waals surface area contributed by atoms with Crippen LogP contribution in [0.3, 0.4) is 0 Å². The van der Waals surface area contributed by atoms with Gasteiger partial charge in [-0.15, -0.1) is 0 Å². The first-order chi connectivity index (χ1) is 22.2. The van der Waals surface area contributed by atoms with Crippen LogP contribution in [-0.2, 0) is 23.9 Å². The highest BCUT2D eigenvalue weighted by molar-refractivity contribution is 5.92. The lowest BCUT2D eigenvalue weighted by atomic mass is 9.50. The van der Waals surface area contributed by atoms with Crippen molar-refractivity contribution in [3.8, 4) is 0 Å². The van der Waals surface area contributed by atoms with Gasteiger partial charge in [0.2, 0.25) is 0 Å². The summed E-state index contributed by atoms with van der Waals surface area (Å²) in [7, 11) is 2.07. The van der Waals surface area contributed by atoms with E-state index in [0.717, 1.165) is 32.1 Å². The molecular weight excluding hydrogens is 594 g/mol. The number of hydrogen-bond donors (Lipinski definition) is 3. The zero-order chi connectivity index (χ0) is 34.3. The minimum atomic E-state index is -0.810. The fourth-order valence-electron chi connectivity index (χ4n) is 10.5. The van der Waals surface area contributed by atoms with E-state index >= 15 is 0 Å². The zero-order valence-corrected chi connectivity index (χ0v) is 29.2. The summed E-state index contributed by atoms with van der Waals surface area (Å²) < 4.78 is 9.82. The summed E-state index contributed by atoms with van der Waals surface area (Å²) in [4.78, 5) is 35.5. The lowest BCUT2D eigenvalue weighted by molar-refractivity contribution is -0.136. The number of allylic oxidation sites excluding steroid dienone is 4. The van der Waals surface area contributed by atoms with E-state index in [1.807, 2.05) is 12.2 Å². The number of carbonyl (C=O) groups is 3. The minimum absolute atomic E-state index is 0.0488. The van der Waals surface area contributed by atoms with E-state index in [0.29, 0.717) is 59.5 Å². The van der Waals surface area contributed by atoms with E-state index in [9.17, 15) is 24.6 Å². The molecule has 2 heterocycles. The van der Waals surface area contributed by atoms with Crippen LogP contribution < -0.4 is 5.32 Å². The predicted molar refractivity (Wildman–Crippen MR) is 181 cm³/mol. The lowest BCUT2D eigenvalue weighted by Crippen LogP contribution is -2.52. The Kier molecular flexibility index (Phi) is 10.7. The first-order valence-electron chi connectivity index (χ1n) is 17.9. The second kappa shape index (κ2) is 14.1. The lowest BCUT2D eigenvalue weighted by Gasteiger charge is -2.56. The second-order valence-corrected chi connectivity index (χ2v) is 15.8. The van der Waals surface area contributed by atoms with Crippen LogP contribution in [-0.4, -0.2) is 66.4 Å². The fourth-order valence-corrected chi connectivity index (χ4v) is 10.5. The molecule has 0 aromatic rings. The Labute approximate surface area is 281 Å². The number of carbonyl (C=O) groups excluding carboxylic acids is 3. The Hall–Kier alpha value is -2.55. The van der Waals surface area contributed by atoms with Crippen molar-refractivity contribution in [3.63, 3.8) is 0 Å². The molecule has 8 nitrogen and oxygen atoms in total. The molecule has 0 bridgehead atoms. The van der Waals surface area contributed by atoms with Crippen molar-refractivity contribution < 1.29 is 34.1 Å². The number of nitrogens with one attached hydrogen (secondary N) is 1. The van der Waals surface area contributed by atoms with Crippen molar-refractivity contribution in [3.05, 3.63) is 47.6 Å². The topological polar surface area (TPSA) is 122 Å². The fraction of sp³-hybridized carbons (Fsp3) is 0.718. The van der Waals surface area contributed by atoms with Crippen molar-refractivity contribution in [1.29, 1.82) is 0 Å². The van der Waals surface area contributed by atoms with Crippen molar-refractivity contribution in [2.24, 2.45) is 46.3 Å². The van der Waals surface area contributed by atoms with Gasteiger partial charge in [0.15, 0.2) is 0 Å². The first kappa shape index (κ1) is 35.7. The average molecular weight is 652 g/mol. The number of cyclic esters (lactones) is 2. The summed E-state index contributed by atoms with van der Waals surface area (Å²) in [5.74, 6) is 2.07. The molecule has 0 aromatic heterocycles. The van der Waals surface area contributed by atoms with Crippen LogP contribution in [0.2, 0.25) is 0 Å². The van der Waals surface area contributed by atoms with Gasteiger partial charge in [-0.1, -0.05) is 64.2 Å². The molecule has 6 aliphatic rings. The van der Waals surface area contributed by atoms with Gasteiger partial charge >= 0.3 is 11.9 Å². The highest BCUT2D eigenvalue weighted by Crippen LogP contribution is 2.58. The maximum Gasteiger partial charge on any atom is 0.336 e. The molecule has 4 aliphatic carbocycles. The molecule has 8 heteroatoms. The molecule has 0 unspecified atom stereocenters. The van der Waals surface area contributed by atoms with Crippen molar-refractivity contribution in [2.75, 3.05) is 20.3 Å². The Bertz CT molecular complexity index is 1330. The van der Waals surface area contributed by atoms with Crippen molar-refractivity contribution >= 4 is 17.7 Å². The number of aliphatic hydroxyl groups excluding tert-OH is 2. The van der Waals surface area contributed by atoms with Crippen molar-refractivity contribution in [2.45, 2.75) is 110 Å². The molecule has 3 N–H and O–H groups in total. The van der Waals surface area contributed by atoms with Crippen LogP contribution in [0.25, 0.3) is 0 Å². The summed E-state index contributed by atoms with van der Waals surface area (Å²) >= 11 is 0. The van der Waals surface area contributed by atoms with Crippen LogP contribution in [0.15, 0.2) is 47.6 Å². The number of aliphatic hydroxyl groups is 2. The smallest absolute Gasteiger partial charge is 0.336 e. The van der Waals surface area contributed by atoms with Gasteiger partial charge in [0.25, 0.3) is 0 Å². The zero-order valence-electron chi connectivity index (χ0n) is 29.2. The molecule has 11 atom stereocenters. The van der Waals surface area contributed by atoms with Crippen LogP contribution in [0, 0.1) is 46.3 Å². The van der Waals surface area contributed by atoms with Gasteiger partial charge in [0.1, 0.15) is 31.2 Å². The Balaban J connectivity index is 0.000000185. The Morgan fingerprint density at radius 2 is 1.28 bits per heavy atom. The average Bonchev–Trinajstić information content (AvgIpc) is 3.53. The number of rotatable bonds is 5. The van der Waals surface area contributed by atoms with E-state index in [-0.39, 0.29) is 41.8 Å². The summed E-state index contributed by atoms with van der Waals surface area (Å²) in [5, 5.41) is 23.3. The molecule has 6 fully saturated rings. The third kappa shape index (κ3) is 6.71. The SMILES string of the molecule is C=C1CC[C@@H]2[C@@H](C)C(=O)CC[C@@]2(C)[C@@H]1C/C=C1/C(=O)OC[C@H]1O.C=C1CC[C@@H]2[C@@H](C)[C@H](NC)CC[C@@]2(C)[C@@H]1C/C=C1/C(=O)OC[C@H]1O. The summed E-state index contributed by atoms with van der Waals surface area (Å²) in [5.41, 5.74) is 3.61. The molecule has 4 saturated carbocycles. The molecular formula is C39H57NO7. The maximum atomic E-state index is 12.1. The van der Waals surface area contributed by atoms with Gasteiger partial charge in [-0.3, -0.25) is 4.79 Å². The molecule has 0 aromatic carbocycles. The molecule has 260 valence electrons. The summed E-state index contributed by atoms with van der Waals surface area (Å²) in [6.45, 7) is 17.9. The quantitative estimate of drug-likeness (QED) is 0.199. The van der Waals surface area contributed by atoms with Crippen LogP contribution in [0.5, 0.6) is 0 Å². The van der Waals surface area contributed by atoms with Crippen molar-refractivity contribution in [1.82, 2.24) is 5.32 Å².